The van der Waals surface area contributed by atoms with Gasteiger partial charge >= 0.3 is 0 Å². The van der Waals surface area contributed by atoms with Gasteiger partial charge in [-0.05, 0) is 139 Å². The van der Waals surface area contributed by atoms with E-state index in [1.54, 1.807) is 0 Å². The van der Waals surface area contributed by atoms with Gasteiger partial charge in [0.15, 0.2) is 0 Å². The molecule has 0 aliphatic heterocycles. The summed E-state index contributed by atoms with van der Waals surface area (Å²) in [7, 11) is 0. The Hall–Kier alpha value is -7.82. The molecule has 10 aromatic rings. The molecule has 1 N–H and O–H groups in total. The van der Waals surface area contributed by atoms with E-state index in [1.165, 1.54) is 16.7 Å². The third-order valence-electron chi connectivity index (χ3n) is 13.3. The van der Waals surface area contributed by atoms with E-state index in [0.29, 0.717) is 5.82 Å². The minimum Gasteiger partial charge on any atom is -0.507 e. The number of hydrogen-bond acceptors (Lipinski definition) is 3. The number of imidazole rings is 1. The molecule has 0 amide bonds. The van der Waals surface area contributed by atoms with Crippen LogP contribution in [0.1, 0.15) is 77.0 Å². The van der Waals surface area contributed by atoms with Crippen molar-refractivity contribution in [3.63, 3.8) is 0 Å². The monoisotopic (exact) mass is 883 g/mol. The predicted molar refractivity (Wildman–Crippen MR) is 285 cm³/mol. The Morgan fingerprint density at radius 3 is 1.62 bits per heavy atom. The minimum atomic E-state index is -0.142. The van der Waals surface area contributed by atoms with Gasteiger partial charge < -0.3 is 5.11 Å². The summed E-state index contributed by atoms with van der Waals surface area (Å²) in [5.41, 5.74) is 19.7. The van der Waals surface area contributed by atoms with Crippen molar-refractivity contribution in [3.05, 3.63) is 217 Å². The van der Waals surface area contributed by atoms with E-state index in [2.05, 4.69) is 241 Å². The van der Waals surface area contributed by atoms with Crippen LogP contribution in [0.3, 0.4) is 0 Å². The van der Waals surface area contributed by atoms with Crippen molar-refractivity contribution in [3.8, 4) is 89.7 Å². The first-order valence-corrected chi connectivity index (χ1v) is 23.8. The fourth-order valence-electron chi connectivity index (χ4n) is 9.35. The number of benzene rings is 8. The van der Waals surface area contributed by atoms with Gasteiger partial charge in [-0.15, -0.1) is 0 Å². The standard InChI is InChI=1S/C64H57N3O/c1-41(2)49-37-57(42(3)4)62(68)58(38-49)63-66-61-56(24-17-25-60(61)67(63)55-36-51(45-22-15-10-16-23-45)35-54(40-55)64(5,6)7)52-32-50(44-20-13-9-14-21-44)33-53(34-52)59-39-48(30-31-65-59)47-28-26-46(27-29-47)43-18-11-8-12-19-43/h8-42,68H,1-7H3. The number of aromatic nitrogens is 3. The molecule has 0 radical (unpaired) electrons. The smallest absolute Gasteiger partial charge is 0.149 e. The summed E-state index contributed by atoms with van der Waals surface area (Å²) < 4.78 is 2.28. The first kappa shape index (κ1) is 44.0. The molecule has 4 heteroatoms. The van der Waals surface area contributed by atoms with Gasteiger partial charge in [0.2, 0.25) is 0 Å². The number of phenolic OH excluding ortho intramolecular Hbond substituents is 1. The molecule has 0 saturated carbocycles. The van der Waals surface area contributed by atoms with Gasteiger partial charge in [0.25, 0.3) is 0 Å². The maximum Gasteiger partial charge on any atom is 0.149 e. The summed E-state index contributed by atoms with van der Waals surface area (Å²) in [6.07, 6.45) is 1.91. The Bertz CT molecular complexity index is 3410. The van der Waals surface area contributed by atoms with Gasteiger partial charge in [0.1, 0.15) is 11.6 Å². The van der Waals surface area contributed by atoms with E-state index in [-0.39, 0.29) is 23.0 Å². The lowest BCUT2D eigenvalue weighted by Crippen LogP contribution is -2.12. The van der Waals surface area contributed by atoms with E-state index in [4.69, 9.17) is 9.97 Å². The topological polar surface area (TPSA) is 50.9 Å². The highest BCUT2D eigenvalue weighted by molar-refractivity contribution is 5.98. The van der Waals surface area contributed by atoms with Crippen molar-refractivity contribution in [2.24, 2.45) is 0 Å². The van der Waals surface area contributed by atoms with Crippen LogP contribution in [0.4, 0.5) is 0 Å². The molecule has 8 aromatic carbocycles. The van der Waals surface area contributed by atoms with Gasteiger partial charge in [0, 0.05) is 23.0 Å². The lowest BCUT2D eigenvalue weighted by molar-refractivity contribution is 0.466. The SMILES string of the molecule is CC(C)c1cc(-c2nc3c(-c4cc(-c5ccccc5)cc(-c5cc(-c6ccc(-c7ccccc7)cc6)ccn5)c4)cccc3n2-c2cc(-c3ccccc3)cc(C(C)(C)C)c2)c(O)c(C(C)C)c1. The minimum absolute atomic E-state index is 0.106. The Morgan fingerprint density at radius 2 is 1.01 bits per heavy atom. The summed E-state index contributed by atoms with van der Waals surface area (Å²) in [5.74, 6) is 1.32. The number of phenols is 1. The average molecular weight is 884 g/mol. The Labute approximate surface area is 401 Å². The summed E-state index contributed by atoms with van der Waals surface area (Å²) >= 11 is 0. The Balaban J connectivity index is 1.20. The molecule has 0 saturated heterocycles. The van der Waals surface area contributed by atoms with Crippen LogP contribution in [0.15, 0.2) is 200 Å². The van der Waals surface area contributed by atoms with E-state index in [1.807, 2.05) is 12.3 Å². The predicted octanol–water partition coefficient (Wildman–Crippen LogP) is 17.3. The van der Waals surface area contributed by atoms with Crippen molar-refractivity contribution < 1.29 is 5.11 Å². The van der Waals surface area contributed by atoms with Crippen LogP contribution in [0, 0.1) is 0 Å². The first-order chi connectivity index (χ1) is 32.9. The molecule has 0 spiro atoms. The molecule has 0 atom stereocenters. The van der Waals surface area contributed by atoms with E-state index in [9.17, 15) is 5.11 Å². The number of para-hydroxylation sites is 1. The normalized spacial score (nSPS) is 11.8. The van der Waals surface area contributed by atoms with Gasteiger partial charge in [-0.1, -0.05) is 188 Å². The molecule has 10 rings (SSSR count). The van der Waals surface area contributed by atoms with Crippen molar-refractivity contribution in [2.75, 3.05) is 0 Å². The first-order valence-electron chi connectivity index (χ1n) is 23.8. The van der Waals surface area contributed by atoms with Crippen LogP contribution >= 0.6 is 0 Å². The second kappa shape index (κ2) is 18.1. The van der Waals surface area contributed by atoms with Crippen molar-refractivity contribution in [2.45, 2.75) is 65.7 Å². The Kier molecular flexibility index (Phi) is 11.7. The molecule has 0 unspecified atom stereocenters. The fourth-order valence-corrected chi connectivity index (χ4v) is 9.35. The molecular weight excluding hydrogens is 827 g/mol. The van der Waals surface area contributed by atoms with Crippen molar-refractivity contribution >= 4 is 11.0 Å². The molecular formula is C64H57N3O. The van der Waals surface area contributed by atoms with Crippen LogP contribution in [-0.4, -0.2) is 19.6 Å². The van der Waals surface area contributed by atoms with Crippen LogP contribution in [-0.2, 0) is 5.41 Å². The van der Waals surface area contributed by atoms with Gasteiger partial charge in [-0.2, -0.15) is 0 Å². The van der Waals surface area contributed by atoms with E-state index in [0.717, 1.165) is 89.2 Å². The summed E-state index contributed by atoms with van der Waals surface area (Å²) in [6, 6.07) is 69.2. The number of aromatic hydroxyl groups is 1. The van der Waals surface area contributed by atoms with Gasteiger partial charge in [0.05, 0.1) is 22.3 Å². The highest BCUT2D eigenvalue weighted by Gasteiger charge is 2.25. The third-order valence-corrected chi connectivity index (χ3v) is 13.3. The van der Waals surface area contributed by atoms with E-state index < -0.39 is 0 Å². The van der Waals surface area contributed by atoms with E-state index >= 15 is 0 Å². The summed E-state index contributed by atoms with van der Waals surface area (Å²) in [4.78, 5) is 10.7. The number of fused-ring (bicyclic) bond motifs is 1. The zero-order valence-corrected chi connectivity index (χ0v) is 40.0. The molecule has 2 aromatic heterocycles. The fraction of sp³-hybridized carbons (Fsp3) is 0.156. The molecule has 0 fully saturated rings. The zero-order chi connectivity index (χ0) is 47.1. The quantitative estimate of drug-likeness (QED) is 0.149. The molecule has 0 bridgehead atoms. The van der Waals surface area contributed by atoms with Crippen molar-refractivity contribution in [1.29, 1.82) is 0 Å². The lowest BCUT2D eigenvalue weighted by Gasteiger charge is -2.23. The average Bonchev–Trinajstić information content (AvgIpc) is 3.76. The second-order valence-electron chi connectivity index (χ2n) is 19.7. The largest absolute Gasteiger partial charge is 0.507 e. The summed E-state index contributed by atoms with van der Waals surface area (Å²) in [5, 5.41) is 12.4. The van der Waals surface area contributed by atoms with Crippen LogP contribution in [0.25, 0.3) is 95.0 Å². The molecule has 4 nitrogen and oxygen atoms in total. The second-order valence-corrected chi connectivity index (χ2v) is 19.7. The number of nitrogens with zero attached hydrogens (tertiary/aromatic N) is 3. The molecule has 2 heterocycles. The van der Waals surface area contributed by atoms with Gasteiger partial charge in [-0.25, -0.2) is 4.98 Å². The lowest BCUT2D eigenvalue weighted by atomic mass is 9.85. The molecule has 68 heavy (non-hydrogen) atoms. The van der Waals surface area contributed by atoms with Crippen LogP contribution in [0.5, 0.6) is 5.75 Å². The molecule has 334 valence electrons. The molecule has 0 aliphatic rings. The van der Waals surface area contributed by atoms with Crippen LogP contribution < -0.4 is 0 Å². The Morgan fingerprint density at radius 1 is 0.456 bits per heavy atom. The highest BCUT2D eigenvalue weighted by atomic mass is 16.3. The number of hydrogen-bond donors (Lipinski definition) is 1. The molecule has 0 aliphatic carbocycles. The zero-order valence-electron chi connectivity index (χ0n) is 40.0. The van der Waals surface area contributed by atoms with Crippen LogP contribution in [0.2, 0.25) is 0 Å². The number of rotatable bonds is 10. The van der Waals surface area contributed by atoms with Gasteiger partial charge in [-0.3, -0.25) is 9.55 Å². The highest BCUT2D eigenvalue weighted by Crippen LogP contribution is 2.44. The maximum absolute atomic E-state index is 12.4. The maximum atomic E-state index is 12.4. The third kappa shape index (κ3) is 8.66. The summed E-state index contributed by atoms with van der Waals surface area (Å²) in [6.45, 7) is 15.5. The van der Waals surface area contributed by atoms with Crippen molar-refractivity contribution in [1.82, 2.24) is 14.5 Å². The number of pyridine rings is 1.